The van der Waals surface area contributed by atoms with Crippen LogP contribution in [0.4, 0.5) is 0 Å². The molecule has 54 heavy (non-hydrogen) atoms. The van der Waals surface area contributed by atoms with Crippen LogP contribution >= 0.6 is 0 Å². The Morgan fingerprint density at radius 2 is 0.778 bits per heavy atom. The Hall–Kier alpha value is -1.47. The maximum atomic E-state index is 12.5. The standard InChI is InChI=1S/C48H91NO5/c1-3-5-7-9-11-13-15-17-19-21-23-24-26-27-29-31-33-35-37-39-41-45(51)47(53)44(43-50)49-48(54)46(52)42-40-38-36-34-32-30-28-25-22-20-18-16-14-12-10-8-6-4-2/h19,21,26-27,33,35,44-47,50-53H,3-18,20,22-25,28-32,34,36-43H2,1-2H3,(H,49,54)/b21-19+,27-26+,35-33+. The Morgan fingerprint density at radius 3 is 1.17 bits per heavy atom. The minimum absolute atomic E-state index is 0.361. The molecule has 0 heterocycles. The topological polar surface area (TPSA) is 110 Å². The number of unbranched alkanes of at least 4 members (excludes halogenated alkanes) is 27. The number of aliphatic hydroxyl groups excluding tert-OH is 4. The molecule has 0 saturated heterocycles. The molecule has 0 aromatic heterocycles. The van der Waals surface area contributed by atoms with Gasteiger partial charge in [0.05, 0.1) is 18.8 Å². The highest BCUT2D eigenvalue weighted by Gasteiger charge is 2.28. The molecular formula is C48H91NO5. The molecular weight excluding hydrogens is 671 g/mol. The van der Waals surface area contributed by atoms with Gasteiger partial charge < -0.3 is 25.7 Å². The average Bonchev–Trinajstić information content (AvgIpc) is 3.18. The molecule has 0 aliphatic heterocycles. The van der Waals surface area contributed by atoms with Gasteiger partial charge in [0.1, 0.15) is 12.2 Å². The fraction of sp³-hybridized carbons (Fsp3) is 0.854. The third-order valence-corrected chi connectivity index (χ3v) is 10.8. The molecule has 4 unspecified atom stereocenters. The molecule has 5 N–H and O–H groups in total. The van der Waals surface area contributed by atoms with Crippen molar-refractivity contribution in [3.8, 4) is 0 Å². The van der Waals surface area contributed by atoms with Crippen LogP contribution < -0.4 is 5.32 Å². The summed E-state index contributed by atoms with van der Waals surface area (Å²) in [6.07, 6.45) is 50.3. The van der Waals surface area contributed by atoms with Crippen LogP contribution in [0.1, 0.15) is 232 Å². The molecule has 6 heteroatoms. The molecule has 6 nitrogen and oxygen atoms in total. The second-order valence-electron chi connectivity index (χ2n) is 16.1. The molecule has 0 saturated carbocycles. The van der Waals surface area contributed by atoms with E-state index in [0.29, 0.717) is 19.3 Å². The summed E-state index contributed by atoms with van der Waals surface area (Å²) in [5, 5.41) is 43.7. The first-order chi connectivity index (χ1) is 26.5. The van der Waals surface area contributed by atoms with Crippen molar-refractivity contribution in [1.82, 2.24) is 5.32 Å². The lowest BCUT2D eigenvalue weighted by atomic mass is 10.00. The number of amides is 1. The molecule has 0 fully saturated rings. The summed E-state index contributed by atoms with van der Waals surface area (Å²) >= 11 is 0. The zero-order valence-electron chi connectivity index (χ0n) is 35.7. The quantitative estimate of drug-likeness (QED) is 0.0314. The Balaban J connectivity index is 3.79. The van der Waals surface area contributed by atoms with Crippen LogP contribution in [0.5, 0.6) is 0 Å². The van der Waals surface area contributed by atoms with Crippen molar-refractivity contribution in [2.45, 2.75) is 257 Å². The van der Waals surface area contributed by atoms with Crippen molar-refractivity contribution in [3.05, 3.63) is 36.5 Å². The van der Waals surface area contributed by atoms with Crippen molar-refractivity contribution in [2.75, 3.05) is 6.61 Å². The maximum Gasteiger partial charge on any atom is 0.249 e. The monoisotopic (exact) mass is 762 g/mol. The van der Waals surface area contributed by atoms with Gasteiger partial charge in [0.2, 0.25) is 5.91 Å². The van der Waals surface area contributed by atoms with E-state index in [1.165, 1.54) is 148 Å². The molecule has 4 atom stereocenters. The highest BCUT2D eigenvalue weighted by atomic mass is 16.3. The lowest BCUT2D eigenvalue weighted by Crippen LogP contribution is -2.53. The number of hydrogen-bond acceptors (Lipinski definition) is 5. The van der Waals surface area contributed by atoms with Crippen LogP contribution in [-0.4, -0.2) is 57.3 Å². The van der Waals surface area contributed by atoms with Crippen LogP contribution in [0.2, 0.25) is 0 Å². The molecule has 0 aromatic carbocycles. The van der Waals surface area contributed by atoms with E-state index < -0.39 is 36.9 Å². The van der Waals surface area contributed by atoms with Gasteiger partial charge >= 0.3 is 0 Å². The first kappa shape index (κ1) is 52.5. The molecule has 0 radical (unpaired) electrons. The van der Waals surface area contributed by atoms with Gasteiger partial charge in [-0.2, -0.15) is 0 Å². The molecule has 0 bridgehead atoms. The third kappa shape index (κ3) is 36.2. The van der Waals surface area contributed by atoms with Crippen LogP contribution in [-0.2, 0) is 4.79 Å². The van der Waals surface area contributed by atoms with E-state index in [-0.39, 0.29) is 0 Å². The van der Waals surface area contributed by atoms with E-state index in [9.17, 15) is 25.2 Å². The molecule has 0 spiro atoms. The lowest BCUT2D eigenvalue weighted by Gasteiger charge is -2.27. The molecule has 0 aromatic rings. The smallest absolute Gasteiger partial charge is 0.249 e. The van der Waals surface area contributed by atoms with Gasteiger partial charge in [-0.05, 0) is 64.2 Å². The Morgan fingerprint density at radius 1 is 0.444 bits per heavy atom. The van der Waals surface area contributed by atoms with Gasteiger partial charge in [-0.15, -0.1) is 0 Å². The van der Waals surface area contributed by atoms with E-state index >= 15 is 0 Å². The molecule has 318 valence electrons. The van der Waals surface area contributed by atoms with Gasteiger partial charge in [-0.25, -0.2) is 0 Å². The number of allylic oxidation sites excluding steroid dienone is 6. The van der Waals surface area contributed by atoms with Crippen LogP contribution in [0.3, 0.4) is 0 Å². The second kappa shape index (κ2) is 42.7. The number of hydrogen-bond donors (Lipinski definition) is 5. The van der Waals surface area contributed by atoms with Gasteiger partial charge in [0, 0.05) is 0 Å². The fourth-order valence-electron chi connectivity index (χ4n) is 7.08. The average molecular weight is 762 g/mol. The molecule has 0 aliphatic rings. The first-order valence-corrected chi connectivity index (χ1v) is 23.4. The van der Waals surface area contributed by atoms with Gasteiger partial charge in [-0.3, -0.25) is 4.79 Å². The summed E-state index contributed by atoms with van der Waals surface area (Å²) in [6.45, 7) is 4.04. The summed E-state index contributed by atoms with van der Waals surface area (Å²) in [6, 6.07) is -1.01. The van der Waals surface area contributed by atoms with Gasteiger partial charge in [0.15, 0.2) is 0 Å². The third-order valence-electron chi connectivity index (χ3n) is 10.8. The fourth-order valence-corrected chi connectivity index (χ4v) is 7.08. The summed E-state index contributed by atoms with van der Waals surface area (Å²) < 4.78 is 0. The molecule has 0 aliphatic carbocycles. The van der Waals surface area contributed by atoms with Crippen LogP contribution in [0, 0.1) is 0 Å². The largest absolute Gasteiger partial charge is 0.394 e. The zero-order chi connectivity index (χ0) is 39.6. The predicted octanol–water partition coefficient (Wildman–Crippen LogP) is 12.5. The first-order valence-electron chi connectivity index (χ1n) is 23.4. The van der Waals surface area contributed by atoms with Crippen molar-refractivity contribution in [3.63, 3.8) is 0 Å². The molecule has 0 rings (SSSR count). The summed E-state index contributed by atoms with van der Waals surface area (Å²) in [5.74, 6) is -0.598. The van der Waals surface area contributed by atoms with E-state index in [1.807, 2.05) is 0 Å². The van der Waals surface area contributed by atoms with Crippen molar-refractivity contribution < 1.29 is 25.2 Å². The minimum atomic E-state index is -1.29. The van der Waals surface area contributed by atoms with Crippen LogP contribution in [0.15, 0.2) is 36.5 Å². The summed E-state index contributed by atoms with van der Waals surface area (Å²) in [4.78, 5) is 12.5. The second-order valence-corrected chi connectivity index (χ2v) is 16.1. The minimum Gasteiger partial charge on any atom is -0.394 e. The highest BCUT2D eigenvalue weighted by molar-refractivity contribution is 5.80. The predicted molar refractivity (Wildman–Crippen MR) is 233 cm³/mol. The Kier molecular flexibility index (Phi) is 41.5. The van der Waals surface area contributed by atoms with E-state index in [1.54, 1.807) is 0 Å². The number of nitrogens with one attached hydrogen (secondary N) is 1. The Labute approximate surface area is 335 Å². The lowest BCUT2D eigenvalue weighted by molar-refractivity contribution is -0.132. The van der Waals surface area contributed by atoms with Crippen molar-refractivity contribution >= 4 is 5.91 Å². The zero-order valence-corrected chi connectivity index (χ0v) is 35.7. The van der Waals surface area contributed by atoms with Gasteiger partial charge in [0.25, 0.3) is 0 Å². The maximum absolute atomic E-state index is 12.5. The number of carbonyl (C=O) groups excluding carboxylic acids is 1. The normalized spacial score (nSPS) is 14.4. The van der Waals surface area contributed by atoms with E-state index in [2.05, 4.69) is 55.6 Å². The number of aliphatic hydroxyl groups is 4. The Bertz CT molecular complexity index is 858. The van der Waals surface area contributed by atoms with Crippen molar-refractivity contribution in [2.24, 2.45) is 0 Å². The summed E-state index contributed by atoms with van der Waals surface area (Å²) in [5.41, 5.74) is 0. The number of rotatable bonds is 42. The SMILES string of the molecule is CCCCCCCCC/C=C/CC/C=C/CC/C=C/CCCC(O)C(O)C(CO)NC(=O)C(O)CCCCCCCCCCCCCCCCCCCC. The number of carbonyl (C=O) groups is 1. The van der Waals surface area contributed by atoms with E-state index in [0.717, 1.165) is 51.4 Å². The van der Waals surface area contributed by atoms with E-state index in [4.69, 9.17) is 0 Å². The van der Waals surface area contributed by atoms with Crippen molar-refractivity contribution in [1.29, 1.82) is 0 Å². The van der Waals surface area contributed by atoms with Gasteiger partial charge in [-0.1, -0.05) is 204 Å². The van der Waals surface area contributed by atoms with Crippen LogP contribution in [0.25, 0.3) is 0 Å². The summed E-state index contributed by atoms with van der Waals surface area (Å²) in [7, 11) is 0. The molecule has 1 amide bonds. The highest BCUT2D eigenvalue weighted by Crippen LogP contribution is 2.16.